The van der Waals surface area contributed by atoms with E-state index in [1.165, 1.54) is 16.9 Å². The molecule has 0 saturated heterocycles. The predicted molar refractivity (Wildman–Crippen MR) is 70.0 cm³/mol. The topological polar surface area (TPSA) is 46.9 Å². The second-order valence-electron chi connectivity index (χ2n) is 3.88. The Bertz CT molecular complexity index is 609. The molecule has 0 atom stereocenters. The Morgan fingerprint density at radius 1 is 1.50 bits per heavy atom. The molecule has 0 aliphatic heterocycles. The maximum Gasteiger partial charge on any atom is 0.273 e. The fourth-order valence-corrected chi connectivity index (χ4v) is 2.02. The van der Waals surface area contributed by atoms with Crippen LogP contribution in [0.3, 0.4) is 0 Å². The lowest BCUT2D eigenvalue weighted by molar-refractivity contribution is 0.101. The van der Waals surface area contributed by atoms with E-state index >= 15 is 0 Å². The molecule has 94 valence electrons. The minimum atomic E-state index is -0.416. The molecule has 1 aromatic heterocycles. The third-order valence-electron chi connectivity index (χ3n) is 2.57. The quantitative estimate of drug-likeness (QED) is 0.927. The zero-order chi connectivity index (χ0) is 13.3. The fourth-order valence-electron chi connectivity index (χ4n) is 1.56. The van der Waals surface area contributed by atoms with Crippen molar-refractivity contribution < 1.29 is 9.18 Å². The second kappa shape index (κ2) is 4.89. The summed E-state index contributed by atoms with van der Waals surface area (Å²) >= 11 is 3.09. The fraction of sp³-hybridized carbons (Fsp3) is 0.167. The summed E-state index contributed by atoms with van der Waals surface area (Å²) in [6.45, 7) is 1.79. The number of carbonyl (C=O) groups excluding carboxylic acids is 1. The zero-order valence-corrected chi connectivity index (χ0v) is 11.5. The summed E-state index contributed by atoms with van der Waals surface area (Å²) in [5.41, 5.74) is 1.64. The van der Waals surface area contributed by atoms with Crippen LogP contribution in [0.25, 0.3) is 0 Å². The average Bonchev–Trinajstić information content (AvgIpc) is 2.72. The molecule has 0 spiro atoms. The van der Waals surface area contributed by atoms with Crippen LogP contribution >= 0.6 is 15.9 Å². The first kappa shape index (κ1) is 12.8. The summed E-state index contributed by atoms with van der Waals surface area (Å²) in [5, 5.41) is 6.57. The van der Waals surface area contributed by atoms with Gasteiger partial charge in [-0.15, -0.1) is 0 Å². The molecule has 1 aromatic carbocycles. The van der Waals surface area contributed by atoms with Gasteiger partial charge in [0.15, 0.2) is 0 Å². The predicted octanol–water partition coefficient (Wildman–Crippen LogP) is 2.88. The van der Waals surface area contributed by atoms with Crippen LogP contribution in [0.2, 0.25) is 0 Å². The molecule has 1 amide bonds. The van der Waals surface area contributed by atoms with Crippen LogP contribution in [0, 0.1) is 12.7 Å². The summed E-state index contributed by atoms with van der Waals surface area (Å²) in [5.74, 6) is -0.735. The SMILES string of the molecule is Cc1cc(Br)c(F)cc1NC(=O)c1ccnn1C. The second-order valence-corrected chi connectivity index (χ2v) is 4.73. The minimum absolute atomic E-state index is 0.320. The number of halogens is 2. The largest absolute Gasteiger partial charge is 0.320 e. The highest BCUT2D eigenvalue weighted by atomic mass is 79.9. The van der Waals surface area contributed by atoms with Crippen LogP contribution in [-0.4, -0.2) is 15.7 Å². The summed E-state index contributed by atoms with van der Waals surface area (Å²) in [6, 6.07) is 4.50. The van der Waals surface area contributed by atoms with Gasteiger partial charge < -0.3 is 5.32 Å². The number of hydrogen-bond acceptors (Lipinski definition) is 2. The van der Waals surface area contributed by atoms with Gasteiger partial charge in [0.25, 0.3) is 5.91 Å². The van der Waals surface area contributed by atoms with Gasteiger partial charge in [0.2, 0.25) is 0 Å². The molecule has 0 unspecified atom stereocenters. The number of hydrogen-bond donors (Lipinski definition) is 1. The van der Waals surface area contributed by atoms with E-state index in [0.717, 1.165) is 5.56 Å². The lowest BCUT2D eigenvalue weighted by Gasteiger charge is -2.09. The molecule has 0 aliphatic rings. The summed E-state index contributed by atoms with van der Waals surface area (Å²) in [6.07, 6.45) is 1.53. The Morgan fingerprint density at radius 2 is 2.22 bits per heavy atom. The van der Waals surface area contributed by atoms with Crippen LogP contribution in [0.1, 0.15) is 16.1 Å². The molecule has 4 nitrogen and oxygen atoms in total. The highest BCUT2D eigenvalue weighted by molar-refractivity contribution is 9.10. The molecule has 2 rings (SSSR count). The number of aryl methyl sites for hydroxylation is 2. The van der Waals surface area contributed by atoms with E-state index in [1.807, 2.05) is 0 Å². The molecule has 0 radical (unpaired) electrons. The number of nitrogens with one attached hydrogen (secondary N) is 1. The van der Waals surface area contributed by atoms with Crippen molar-refractivity contribution in [2.45, 2.75) is 6.92 Å². The Labute approximate surface area is 112 Å². The molecule has 0 aliphatic carbocycles. The van der Waals surface area contributed by atoms with E-state index in [4.69, 9.17) is 0 Å². The first-order valence-corrected chi connectivity index (χ1v) is 6.03. The number of nitrogens with zero attached hydrogens (tertiary/aromatic N) is 2. The molecular formula is C12H11BrFN3O. The van der Waals surface area contributed by atoms with Gasteiger partial charge in [0.05, 0.1) is 4.47 Å². The van der Waals surface area contributed by atoms with Gasteiger partial charge in [-0.05, 0) is 46.6 Å². The molecule has 1 N–H and O–H groups in total. The molecular weight excluding hydrogens is 301 g/mol. The molecule has 6 heteroatoms. The minimum Gasteiger partial charge on any atom is -0.320 e. The maximum atomic E-state index is 13.4. The van der Waals surface area contributed by atoms with Crippen LogP contribution in [-0.2, 0) is 7.05 Å². The number of aromatic nitrogens is 2. The van der Waals surface area contributed by atoms with E-state index in [1.54, 1.807) is 26.1 Å². The lowest BCUT2D eigenvalue weighted by Crippen LogP contribution is -2.16. The summed E-state index contributed by atoms with van der Waals surface area (Å²) in [7, 11) is 1.67. The monoisotopic (exact) mass is 311 g/mol. The maximum absolute atomic E-state index is 13.4. The lowest BCUT2D eigenvalue weighted by atomic mass is 10.2. The van der Waals surface area contributed by atoms with Crippen molar-refractivity contribution in [2.75, 3.05) is 5.32 Å². The van der Waals surface area contributed by atoms with Crippen molar-refractivity contribution in [3.8, 4) is 0 Å². The normalized spacial score (nSPS) is 10.4. The van der Waals surface area contributed by atoms with Gasteiger partial charge in [-0.25, -0.2) is 4.39 Å². The van der Waals surface area contributed by atoms with Crippen molar-refractivity contribution in [2.24, 2.45) is 7.05 Å². The molecule has 2 aromatic rings. The smallest absolute Gasteiger partial charge is 0.273 e. The van der Waals surface area contributed by atoms with E-state index in [9.17, 15) is 9.18 Å². The number of benzene rings is 1. The third kappa shape index (κ3) is 2.43. The number of anilines is 1. The van der Waals surface area contributed by atoms with Gasteiger partial charge in [-0.3, -0.25) is 9.48 Å². The Kier molecular flexibility index (Phi) is 3.47. The van der Waals surface area contributed by atoms with Crippen LogP contribution < -0.4 is 5.32 Å². The van der Waals surface area contributed by atoms with Gasteiger partial charge in [0.1, 0.15) is 11.5 Å². The van der Waals surface area contributed by atoms with Crippen molar-refractivity contribution in [1.29, 1.82) is 0 Å². The number of carbonyl (C=O) groups is 1. The van der Waals surface area contributed by atoms with Crippen molar-refractivity contribution in [1.82, 2.24) is 9.78 Å². The van der Waals surface area contributed by atoms with Crippen LogP contribution in [0.5, 0.6) is 0 Å². The van der Waals surface area contributed by atoms with E-state index in [0.29, 0.717) is 15.9 Å². The van der Waals surface area contributed by atoms with Crippen molar-refractivity contribution >= 4 is 27.5 Å². The highest BCUT2D eigenvalue weighted by Crippen LogP contribution is 2.24. The summed E-state index contributed by atoms with van der Waals surface area (Å²) < 4.78 is 15.2. The van der Waals surface area contributed by atoms with Gasteiger partial charge in [-0.1, -0.05) is 0 Å². The highest BCUT2D eigenvalue weighted by Gasteiger charge is 2.12. The summed E-state index contributed by atoms with van der Waals surface area (Å²) in [4.78, 5) is 11.9. The molecule has 18 heavy (non-hydrogen) atoms. The van der Waals surface area contributed by atoms with Crippen LogP contribution in [0.15, 0.2) is 28.9 Å². The molecule has 1 heterocycles. The molecule has 0 bridgehead atoms. The standard InChI is InChI=1S/C12H11BrFN3O/c1-7-5-8(13)9(14)6-10(7)16-12(18)11-3-4-15-17(11)2/h3-6H,1-2H3,(H,16,18). The van der Waals surface area contributed by atoms with E-state index < -0.39 is 5.82 Å². The molecule has 0 fully saturated rings. The van der Waals surface area contributed by atoms with Crippen molar-refractivity contribution in [3.63, 3.8) is 0 Å². The zero-order valence-electron chi connectivity index (χ0n) is 9.87. The molecule has 0 saturated carbocycles. The van der Waals surface area contributed by atoms with E-state index in [-0.39, 0.29) is 5.91 Å². The van der Waals surface area contributed by atoms with Gasteiger partial charge >= 0.3 is 0 Å². The Balaban J connectivity index is 2.28. The first-order chi connectivity index (χ1) is 8.49. The van der Waals surface area contributed by atoms with Gasteiger partial charge in [-0.2, -0.15) is 5.10 Å². The third-order valence-corrected chi connectivity index (χ3v) is 3.18. The Morgan fingerprint density at radius 3 is 2.83 bits per heavy atom. The van der Waals surface area contributed by atoms with Gasteiger partial charge in [0, 0.05) is 18.9 Å². The average molecular weight is 312 g/mol. The number of amides is 1. The van der Waals surface area contributed by atoms with E-state index in [2.05, 4.69) is 26.3 Å². The first-order valence-electron chi connectivity index (χ1n) is 5.24. The van der Waals surface area contributed by atoms with Crippen molar-refractivity contribution in [3.05, 3.63) is 45.9 Å². The Hall–Kier alpha value is -1.69. The van der Waals surface area contributed by atoms with Crippen LogP contribution in [0.4, 0.5) is 10.1 Å². The number of rotatable bonds is 2.